The van der Waals surface area contributed by atoms with Crippen LogP contribution in [-0.4, -0.2) is 21.5 Å². The van der Waals surface area contributed by atoms with Gasteiger partial charge in [0.2, 0.25) is 0 Å². The van der Waals surface area contributed by atoms with Crippen molar-refractivity contribution in [3.63, 3.8) is 0 Å². The molecule has 0 saturated carbocycles. The summed E-state index contributed by atoms with van der Waals surface area (Å²) in [5.41, 5.74) is 0. The molecule has 0 unspecified atom stereocenters. The predicted octanol–water partition coefficient (Wildman–Crippen LogP) is -0.320. The Hall–Kier alpha value is -0.458. The van der Waals surface area contributed by atoms with E-state index in [4.69, 9.17) is 0 Å². The Balaban J connectivity index is 3.36. The van der Waals surface area contributed by atoms with Crippen LogP contribution in [0.1, 0.15) is 0 Å². The monoisotopic (exact) mass is 114 g/mol. The average molecular weight is 114 g/mol. The minimum atomic E-state index is -1.42. The van der Waals surface area contributed by atoms with Gasteiger partial charge in [-0.25, -0.2) is 0 Å². The Morgan fingerprint density at radius 3 is 2.57 bits per heavy atom. The molecule has 36 valence electrons. The molecule has 0 heterocycles. The first-order valence-corrected chi connectivity index (χ1v) is 2.52. The quantitative estimate of drug-likeness (QED) is 0.365. The first-order valence-electron chi connectivity index (χ1n) is 1.58. The zero-order valence-corrected chi connectivity index (χ0v) is 4.74. The summed E-state index contributed by atoms with van der Waals surface area (Å²) < 4.78 is 13.5. The van der Waals surface area contributed by atoms with Crippen LogP contribution in [0.15, 0.2) is 12.7 Å². The summed E-state index contributed by atoms with van der Waals surface area (Å²) in [4.78, 5) is 9.89. The second-order valence-corrected chi connectivity index (χ2v) is 1.17. The maximum absolute atomic E-state index is 9.89. The standard InChI is InChI=1S/C3H4O2.Al.O/c1-2-3(4)5;;/h2H,1H2,(H,4,5);;/q;+1;/p-1. The molecule has 0 rings (SSSR count). The van der Waals surface area contributed by atoms with Crippen molar-refractivity contribution < 1.29 is 12.4 Å². The van der Waals surface area contributed by atoms with Crippen LogP contribution >= 0.6 is 0 Å². The topological polar surface area (TPSA) is 43.4 Å². The normalized spacial score (nSPS) is 6.29. The van der Waals surface area contributed by atoms with E-state index in [9.17, 15) is 8.60 Å². The van der Waals surface area contributed by atoms with E-state index in [1.165, 1.54) is 0 Å². The van der Waals surface area contributed by atoms with Crippen LogP contribution in [0.5, 0.6) is 0 Å². The van der Waals surface area contributed by atoms with Gasteiger partial charge in [-0.1, -0.05) is 0 Å². The van der Waals surface area contributed by atoms with Crippen LogP contribution in [0, 0.1) is 0 Å². The van der Waals surface area contributed by atoms with Crippen LogP contribution in [0.25, 0.3) is 0 Å². The molecule has 3 nitrogen and oxygen atoms in total. The third kappa shape index (κ3) is 3.37. The van der Waals surface area contributed by atoms with Crippen molar-refractivity contribution in [2.24, 2.45) is 0 Å². The molecule has 0 aromatic heterocycles. The van der Waals surface area contributed by atoms with Crippen LogP contribution in [-0.2, 0) is 12.4 Å². The van der Waals surface area contributed by atoms with Crippen molar-refractivity contribution in [3.8, 4) is 0 Å². The Labute approximate surface area is 47.2 Å². The molecule has 0 atom stereocenters. The van der Waals surface area contributed by atoms with Crippen molar-refractivity contribution in [2.45, 2.75) is 0 Å². The molecule has 0 saturated heterocycles. The number of rotatable bonds is 2. The molecule has 0 N–H and O–H groups in total. The van der Waals surface area contributed by atoms with Gasteiger partial charge in [0.25, 0.3) is 0 Å². The summed E-state index contributed by atoms with van der Waals surface area (Å²) in [7, 11) is 0. The van der Waals surface area contributed by atoms with E-state index in [0.29, 0.717) is 0 Å². The van der Waals surface area contributed by atoms with E-state index in [1.54, 1.807) is 0 Å². The maximum atomic E-state index is 9.89. The molecule has 0 aromatic carbocycles. The number of hydrogen-bond acceptors (Lipinski definition) is 3. The predicted molar refractivity (Wildman–Crippen MR) is 22.7 cm³/mol. The van der Waals surface area contributed by atoms with Crippen LogP contribution in [0.4, 0.5) is 0 Å². The molecule has 0 aliphatic rings. The van der Waals surface area contributed by atoms with E-state index >= 15 is 0 Å². The minimum absolute atomic E-state index is 0.634. The summed E-state index contributed by atoms with van der Waals surface area (Å²) >= 11 is -1.42. The molecular weight excluding hydrogens is 111 g/mol. The van der Waals surface area contributed by atoms with Gasteiger partial charge in [-0.2, -0.15) is 0 Å². The van der Waals surface area contributed by atoms with Gasteiger partial charge in [0.15, 0.2) is 0 Å². The van der Waals surface area contributed by atoms with Crippen molar-refractivity contribution in [1.29, 1.82) is 0 Å². The van der Waals surface area contributed by atoms with Gasteiger partial charge in [-0.15, -0.1) is 0 Å². The molecule has 0 fully saturated rings. The van der Waals surface area contributed by atoms with Gasteiger partial charge in [-0.05, 0) is 0 Å². The number of hydrogen-bond donors (Lipinski definition) is 0. The van der Waals surface area contributed by atoms with Gasteiger partial charge in [-0.3, -0.25) is 0 Å². The van der Waals surface area contributed by atoms with E-state index in [2.05, 4.69) is 10.4 Å². The van der Waals surface area contributed by atoms with Gasteiger partial charge in [0.05, 0.1) is 0 Å². The first-order chi connectivity index (χ1) is 3.31. The molecular formula is C3H3AlO3. The zero-order chi connectivity index (χ0) is 5.70. The van der Waals surface area contributed by atoms with Gasteiger partial charge in [0.1, 0.15) is 0 Å². The molecule has 0 amide bonds. The fourth-order valence-electron chi connectivity index (χ4n) is 0.0955. The molecule has 0 radical (unpaired) electrons. The Morgan fingerprint density at radius 1 is 1.86 bits per heavy atom. The van der Waals surface area contributed by atoms with Crippen LogP contribution in [0.3, 0.4) is 0 Å². The summed E-state index contributed by atoms with van der Waals surface area (Å²) in [5.74, 6) is -0.634. The second kappa shape index (κ2) is 3.72. The van der Waals surface area contributed by atoms with Crippen LogP contribution < -0.4 is 0 Å². The molecule has 0 aliphatic carbocycles. The Bertz CT molecular complexity index is 98.4. The Kier molecular flexibility index (Phi) is 3.48. The molecule has 0 bridgehead atoms. The summed E-state index contributed by atoms with van der Waals surface area (Å²) in [6.45, 7) is 3.08. The number of carbonyl (C=O) groups excluding carboxylic acids is 1. The molecule has 0 aromatic rings. The van der Waals surface area contributed by atoms with E-state index in [0.717, 1.165) is 6.08 Å². The fourth-order valence-corrected chi connectivity index (χ4v) is 0.287. The Morgan fingerprint density at radius 2 is 2.43 bits per heavy atom. The SMILES string of the molecule is C=CC(=O)[O][Al]=[O]. The average Bonchev–Trinajstić information content (AvgIpc) is 1.68. The summed E-state index contributed by atoms with van der Waals surface area (Å²) in [6, 6.07) is 0. The van der Waals surface area contributed by atoms with Crippen molar-refractivity contribution in [3.05, 3.63) is 12.7 Å². The fraction of sp³-hybridized carbons (Fsp3) is 0. The third-order valence-corrected chi connectivity index (χ3v) is 0.659. The molecule has 0 spiro atoms. The summed E-state index contributed by atoms with van der Waals surface area (Å²) in [6.07, 6.45) is 0.963. The van der Waals surface area contributed by atoms with Crippen LogP contribution in [0.2, 0.25) is 0 Å². The van der Waals surface area contributed by atoms with E-state index < -0.39 is 21.5 Å². The summed E-state index contributed by atoms with van der Waals surface area (Å²) in [5, 5.41) is 0. The van der Waals surface area contributed by atoms with Crippen molar-refractivity contribution in [2.75, 3.05) is 0 Å². The van der Waals surface area contributed by atoms with Gasteiger partial charge >= 0.3 is 46.5 Å². The molecule has 4 heteroatoms. The van der Waals surface area contributed by atoms with Crippen molar-refractivity contribution in [1.82, 2.24) is 0 Å². The second-order valence-electron chi connectivity index (χ2n) is 0.737. The van der Waals surface area contributed by atoms with E-state index in [-0.39, 0.29) is 0 Å². The zero-order valence-electron chi connectivity index (χ0n) is 3.59. The first kappa shape index (κ1) is 6.54. The third-order valence-electron chi connectivity index (χ3n) is 0.331. The van der Waals surface area contributed by atoms with Gasteiger partial charge in [0, 0.05) is 0 Å². The molecule has 7 heavy (non-hydrogen) atoms. The van der Waals surface area contributed by atoms with Crippen molar-refractivity contribution >= 4 is 21.5 Å². The van der Waals surface area contributed by atoms with Gasteiger partial charge < -0.3 is 0 Å². The number of carbonyl (C=O) groups is 1. The van der Waals surface area contributed by atoms with E-state index in [1.807, 2.05) is 0 Å². The molecule has 0 aliphatic heterocycles.